The van der Waals surface area contributed by atoms with Crippen LogP contribution in [0.1, 0.15) is 16.7 Å². The first kappa shape index (κ1) is 12.3. The van der Waals surface area contributed by atoms with Gasteiger partial charge in [-0.05, 0) is 34.0 Å². The second-order valence-electron chi connectivity index (χ2n) is 4.29. The van der Waals surface area contributed by atoms with Crippen LogP contribution >= 0.6 is 15.9 Å². The lowest BCUT2D eigenvalue weighted by atomic mass is 10.00. The first-order valence-corrected chi connectivity index (χ1v) is 6.39. The molecule has 0 amide bonds. The molecule has 0 radical (unpaired) electrons. The Bertz CT molecular complexity index is 491. The zero-order valence-corrected chi connectivity index (χ0v) is 11.3. The molecule has 0 aliphatic rings. The van der Waals surface area contributed by atoms with Gasteiger partial charge in [-0.1, -0.05) is 60.2 Å². The normalized spacial score (nSPS) is 14.3. The van der Waals surface area contributed by atoms with E-state index in [-0.39, 0.29) is 0 Å². The van der Waals surface area contributed by atoms with Gasteiger partial charge in [0.1, 0.15) is 4.51 Å². The van der Waals surface area contributed by atoms with Crippen LogP contribution in [0.15, 0.2) is 54.6 Å². The zero-order chi connectivity index (χ0) is 12.3. The van der Waals surface area contributed by atoms with Gasteiger partial charge in [0.05, 0.1) is 0 Å². The van der Waals surface area contributed by atoms with Gasteiger partial charge in [-0.15, -0.1) is 0 Å². The highest BCUT2D eigenvalue weighted by atomic mass is 79.9. The highest BCUT2D eigenvalue weighted by Gasteiger charge is 2.25. The fourth-order valence-corrected chi connectivity index (χ4v) is 2.42. The maximum atomic E-state index is 10.5. The molecule has 0 fully saturated rings. The van der Waals surface area contributed by atoms with Crippen molar-refractivity contribution in [2.24, 2.45) is 0 Å². The Balaban J connectivity index is 2.25. The zero-order valence-electron chi connectivity index (χ0n) is 9.73. The summed E-state index contributed by atoms with van der Waals surface area (Å²) >= 11 is 3.42. The molecule has 1 nitrogen and oxygen atoms in total. The van der Waals surface area contributed by atoms with Crippen molar-refractivity contribution in [3.8, 4) is 0 Å². The molecule has 0 saturated heterocycles. The number of halogens is 1. The van der Waals surface area contributed by atoms with Crippen LogP contribution in [0.3, 0.4) is 0 Å². The summed E-state index contributed by atoms with van der Waals surface area (Å²) in [6.45, 7) is 2.02. The molecular weight excluding hydrogens is 276 g/mol. The van der Waals surface area contributed by atoms with Crippen LogP contribution in [0.5, 0.6) is 0 Å². The third-order valence-corrected chi connectivity index (χ3v) is 3.48. The summed E-state index contributed by atoms with van der Waals surface area (Å²) in [6.07, 6.45) is 0.553. The highest BCUT2D eigenvalue weighted by molar-refractivity contribution is 9.09. The Morgan fingerprint density at radius 3 is 2.41 bits per heavy atom. The largest absolute Gasteiger partial charge is 0.374 e. The number of hydrogen-bond donors (Lipinski definition) is 1. The quantitative estimate of drug-likeness (QED) is 0.853. The first-order valence-electron chi connectivity index (χ1n) is 5.60. The van der Waals surface area contributed by atoms with Gasteiger partial charge in [0.15, 0.2) is 0 Å². The van der Waals surface area contributed by atoms with E-state index in [0.29, 0.717) is 6.42 Å². The van der Waals surface area contributed by atoms with Gasteiger partial charge < -0.3 is 5.11 Å². The summed E-state index contributed by atoms with van der Waals surface area (Å²) < 4.78 is -1.000. The summed E-state index contributed by atoms with van der Waals surface area (Å²) in [5.41, 5.74) is 3.14. The topological polar surface area (TPSA) is 20.2 Å². The first-order chi connectivity index (χ1) is 8.08. The third kappa shape index (κ3) is 3.18. The van der Waals surface area contributed by atoms with E-state index in [1.54, 1.807) is 0 Å². The minimum Gasteiger partial charge on any atom is -0.374 e. The molecule has 17 heavy (non-hydrogen) atoms. The van der Waals surface area contributed by atoms with Crippen LogP contribution in [0.25, 0.3) is 0 Å². The SMILES string of the molecule is Cc1cccc(C(O)(Br)Cc2ccccc2)c1. The average molecular weight is 291 g/mol. The summed E-state index contributed by atoms with van der Waals surface area (Å²) in [5.74, 6) is 0. The van der Waals surface area contributed by atoms with Crippen LogP contribution in [0.4, 0.5) is 0 Å². The van der Waals surface area contributed by atoms with Gasteiger partial charge in [0.2, 0.25) is 0 Å². The molecule has 1 unspecified atom stereocenters. The van der Waals surface area contributed by atoms with Crippen molar-refractivity contribution >= 4 is 15.9 Å². The Hall–Kier alpha value is -1.12. The fourth-order valence-electron chi connectivity index (χ4n) is 1.85. The second-order valence-corrected chi connectivity index (χ2v) is 5.60. The molecule has 0 saturated carbocycles. The van der Waals surface area contributed by atoms with Crippen LogP contribution in [0, 0.1) is 6.92 Å². The molecule has 2 aromatic rings. The monoisotopic (exact) mass is 290 g/mol. The van der Waals surface area contributed by atoms with Crippen LogP contribution in [0.2, 0.25) is 0 Å². The van der Waals surface area contributed by atoms with Crippen LogP contribution < -0.4 is 0 Å². The number of hydrogen-bond acceptors (Lipinski definition) is 1. The number of alkyl halides is 1. The molecule has 0 bridgehead atoms. The van der Waals surface area contributed by atoms with E-state index in [9.17, 15) is 5.11 Å². The van der Waals surface area contributed by atoms with E-state index < -0.39 is 4.51 Å². The lowest BCUT2D eigenvalue weighted by Crippen LogP contribution is -2.20. The smallest absolute Gasteiger partial charge is 0.148 e. The summed E-state index contributed by atoms with van der Waals surface area (Å²) in [7, 11) is 0. The lowest BCUT2D eigenvalue weighted by molar-refractivity contribution is 0.146. The number of aryl methyl sites for hydroxylation is 1. The van der Waals surface area contributed by atoms with E-state index in [1.807, 2.05) is 61.5 Å². The van der Waals surface area contributed by atoms with E-state index in [0.717, 1.165) is 16.7 Å². The van der Waals surface area contributed by atoms with Gasteiger partial charge in [0.25, 0.3) is 0 Å². The molecule has 2 rings (SSSR count). The van der Waals surface area contributed by atoms with Crippen LogP contribution in [-0.2, 0) is 10.9 Å². The Kier molecular flexibility index (Phi) is 3.65. The van der Waals surface area contributed by atoms with E-state index in [4.69, 9.17) is 0 Å². The number of rotatable bonds is 3. The van der Waals surface area contributed by atoms with Crippen molar-refractivity contribution in [2.45, 2.75) is 17.9 Å². The van der Waals surface area contributed by atoms with Crippen molar-refractivity contribution in [2.75, 3.05) is 0 Å². The molecule has 2 aromatic carbocycles. The minimum atomic E-state index is -1.000. The summed E-state index contributed by atoms with van der Waals surface area (Å²) in [6, 6.07) is 17.9. The van der Waals surface area contributed by atoms with E-state index >= 15 is 0 Å². The van der Waals surface area contributed by atoms with E-state index in [1.165, 1.54) is 0 Å². The molecule has 0 spiro atoms. The van der Waals surface area contributed by atoms with Gasteiger partial charge in [-0.2, -0.15) is 0 Å². The summed E-state index contributed by atoms with van der Waals surface area (Å²) in [4.78, 5) is 0. The summed E-state index contributed by atoms with van der Waals surface area (Å²) in [5, 5.41) is 10.5. The third-order valence-electron chi connectivity index (χ3n) is 2.74. The van der Waals surface area contributed by atoms with Gasteiger partial charge in [-0.25, -0.2) is 0 Å². The molecule has 0 aromatic heterocycles. The van der Waals surface area contributed by atoms with Crippen molar-refractivity contribution in [1.29, 1.82) is 0 Å². The molecule has 2 heteroatoms. The van der Waals surface area contributed by atoms with Crippen molar-refractivity contribution in [1.82, 2.24) is 0 Å². The molecular formula is C15H15BrO. The molecule has 88 valence electrons. The van der Waals surface area contributed by atoms with E-state index in [2.05, 4.69) is 15.9 Å². The molecule has 1 atom stereocenters. The van der Waals surface area contributed by atoms with Crippen molar-refractivity contribution in [3.05, 3.63) is 71.3 Å². The lowest BCUT2D eigenvalue weighted by Gasteiger charge is -2.22. The maximum Gasteiger partial charge on any atom is 0.148 e. The Morgan fingerprint density at radius 2 is 1.76 bits per heavy atom. The molecule has 0 aliphatic carbocycles. The standard InChI is InChI=1S/C15H15BrO/c1-12-6-5-9-14(10-12)15(16,17)11-13-7-3-2-4-8-13/h2-10,17H,11H2,1H3. The second kappa shape index (κ2) is 5.03. The molecule has 1 N–H and O–H groups in total. The predicted molar refractivity (Wildman–Crippen MR) is 74.1 cm³/mol. The van der Waals surface area contributed by atoms with Crippen molar-refractivity contribution < 1.29 is 5.11 Å². The highest BCUT2D eigenvalue weighted by Crippen LogP contribution is 2.32. The van der Waals surface area contributed by atoms with Crippen molar-refractivity contribution in [3.63, 3.8) is 0 Å². The fraction of sp³-hybridized carbons (Fsp3) is 0.200. The average Bonchev–Trinajstić information content (AvgIpc) is 2.30. The maximum absolute atomic E-state index is 10.5. The predicted octanol–water partition coefficient (Wildman–Crippen LogP) is 3.78. The van der Waals surface area contributed by atoms with Crippen LogP contribution in [-0.4, -0.2) is 5.11 Å². The molecule has 0 aliphatic heterocycles. The number of benzene rings is 2. The van der Waals surface area contributed by atoms with Gasteiger partial charge in [0, 0.05) is 6.42 Å². The number of aliphatic hydroxyl groups is 1. The molecule has 0 heterocycles. The van der Waals surface area contributed by atoms with Gasteiger partial charge in [-0.3, -0.25) is 0 Å². The Morgan fingerprint density at radius 1 is 1.06 bits per heavy atom. The van der Waals surface area contributed by atoms with Gasteiger partial charge >= 0.3 is 0 Å². The Labute approximate surface area is 110 Å². The minimum absolute atomic E-state index is 0.553.